The Morgan fingerprint density at radius 3 is 2.50 bits per heavy atom. The first kappa shape index (κ1) is 21.8. The first-order valence-corrected chi connectivity index (χ1v) is 10.4. The van der Waals surface area contributed by atoms with E-state index in [9.17, 15) is 8.78 Å². The quantitative estimate of drug-likeness (QED) is 0.324. The number of thioether (sulfide) groups is 1. The smallest absolute Gasteiger partial charge is 0.387 e. The number of nitrogens with zero attached hydrogens (tertiary/aromatic N) is 4. The second-order valence-electron chi connectivity index (χ2n) is 6.79. The molecule has 32 heavy (non-hydrogen) atoms. The summed E-state index contributed by atoms with van der Waals surface area (Å²) in [6.45, 7) is 1.05. The van der Waals surface area contributed by atoms with E-state index in [1.165, 1.54) is 37.1 Å². The second-order valence-corrected chi connectivity index (χ2v) is 7.72. The van der Waals surface area contributed by atoms with Gasteiger partial charge in [0.15, 0.2) is 11.5 Å². The number of ether oxygens (including phenoxy) is 2. The van der Waals surface area contributed by atoms with Crippen LogP contribution in [-0.4, -0.2) is 34.1 Å². The zero-order valence-electron chi connectivity index (χ0n) is 17.3. The lowest BCUT2D eigenvalue weighted by molar-refractivity contribution is -0.0512. The molecule has 0 saturated heterocycles. The van der Waals surface area contributed by atoms with Crippen LogP contribution in [0.5, 0.6) is 11.5 Å². The van der Waals surface area contributed by atoms with E-state index in [1.54, 1.807) is 0 Å². The summed E-state index contributed by atoms with van der Waals surface area (Å²) in [7, 11) is 1.35. The van der Waals surface area contributed by atoms with E-state index < -0.39 is 6.61 Å². The van der Waals surface area contributed by atoms with Gasteiger partial charge in [-0.25, -0.2) is 0 Å². The predicted octanol–water partition coefficient (Wildman–Crippen LogP) is 5.31. The Hall–Kier alpha value is -3.47. The van der Waals surface area contributed by atoms with Crippen LogP contribution in [0.3, 0.4) is 0 Å². The number of alkyl halides is 2. The van der Waals surface area contributed by atoms with Crippen LogP contribution < -0.4 is 9.47 Å². The zero-order chi connectivity index (χ0) is 22.7. The summed E-state index contributed by atoms with van der Waals surface area (Å²) in [5, 5.41) is 12.4. The molecule has 0 amide bonds. The maximum absolute atomic E-state index is 12.5. The van der Waals surface area contributed by atoms with Crippen molar-refractivity contribution in [3.8, 4) is 34.3 Å². The number of hydrogen-bond donors (Lipinski definition) is 0. The second kappa shape index (κ2) is 9.35. The molecule has 2 heterocycles. The Bertz CT molecular complexity index is 1210. The number of methoxy groups -OCH3 is 1. The molecule has 0 atom stereocenters. The highest BCUT2D eigenvalue weighted by Crippen LogP contribution is 2.33. The minimum Gasteiger partial charge on any atom is -0.493 e. The highest BCUT2D eigenvalue weighted by Gasteiger charge is 2.16. The summed E-state index contributed by atoms with van der Waals surface area (Å²) in [5.74, 6) is 1.41. The van der Waals surface area contributed by atoms with Gasteiger partial charge >= 0.3 is 6.61 Å². The highest BCUT2D eigenvalue weighted by atomic mass is 32.2. The lowest BCUT2D eigenvalue weighted by Gasteiger charge is -2.10. The largest absolute Gasteiger partial charge is 0.493 e. The molecule has 0 unspecified atom stereocenters. The molecule has 4 aromatic rings. The third kappa shape index (κ3) is 5.05. The first-order chi connectivity index (χ1) is 15.4. The molecule has 0 aliphatic carbocycles. The highest BCUT2D eigenvalue weighted by molar-refractivity contribution is 7.98. The van der Waals surface area contributed by atoms with E-state index in [2.05, 4.69) is 31.1 Å². The van der Waals surface area contributed by atoms with Gasteiger partial charge in [0.2, 0.25) is 17.6 Å². The van der Waals surface area contributed by atoms with Gasteiger partial charge in [0.1, 0.15) is 0 Å². The Kier molecular flexibility index (Phi) is 6.35. The number of aromatic nitrogens is 4. The Morgan fingerprint density at radius 2 is 1.78 bits per heavy atom. The van der Waals surface area contributed by atoms with E-state index >= 15 is 0 Å². The summed E-state index contributed by atoms with van der Waals surface area (Å²) in [6.07, 6.45) is 0. The molecule has 0 spiro atoms. The average molecular weight is 460 g/mol. The average Bonchev–Trinajstić information content (AvgIpc) is 3.41. The maximum Gasteiger partial charge on any atom is 0.387 e. The molecule has 0 aliphatic heterocycles. The number of aryl methyl sites for hydroxylation is 2. The molecule has 0 aliphatic rings. The minimum atomic E-state index is -2.95. The molecule has 0 saturated carbocycles. The maximum atomic E-state index is 12.5. The number of rotatable bonds is 8. The summed E-state index contributed by atoms with van der Waals surface area (Å²) in [5.41, 5.74) is 3.60. The summed E-state index contributed by atoms with van der Waals surface area (Å²) in [4.78, 5) is 4.32. The molecule has 11 heteroatoms. The van der Waals surface area contributed by atoms with E-state index in [0.717, 1.165) is 16.7 Å². The van der Waals surface area contributed by atoms with Crippen molar-refractivity contribution in [3.63, 3.8) is 0 Å². The molecule has 0 fully saturated rings. The van der Waals surface area contributed by atoms with Gasteiger partial charge in [0.25, 0.3) is 5.22 Å². The van der Waals surface area contributed by atoms with Crippen molar-refractivity contribution in [2.75, 3.05) is 7.11 Å². The molecular formula is C21H18F2N4O4S. The first-order valence-electron chi connectivity index (χ1n) is 9.42. The van der Waals surface area contributed by atoms with Gasteiger partial charge in [-0.15, -0.1) is 10.2 Å². The fourth-order valence-corrected chi connectivity index (χ4v) is 3.64. The van der Waals surface area contributed by atoms with Gasteiger partial charge in [0.05, 0.1) is 12.9 Å². The lowest BCUT2D eigenvalue weighted by Crippen LogP contribution is -2.03. The predicted molar refractivity (Wildman–Crippen MR) is 112 cm³/mol. The number of hydrogen-bond acceptors (Lipinski definition) is 9. The molecule has 2 aromatic heterocycles. The van der Waals surface area contributed by atoms with E-state index in [0.29, 0.717) is 28.3 Å². The number of benzene rings is 2. The van der Waals surface area contributed by atoms with Gasteiger partial charge in [0, 0.05) is 11.1 Å². The van der Waals surface area contributed by atoms with Gasteiger partial charge in [-0.1, -0.05) is 34.1 Å². The van der Waals surface area contributed by atoms with E-state index in [4.69, 9.17) is 13.7 Å². The third-order valence-corrected chi connectivity index (χ3v) is 5.10. The zero-order valence-corrected chi connectivity index (χ0v) is 18.2. The van der Waals surface area contributed by atoms with Crippen LogP contribution in [0.15, 0.2) is 50.6 Å². The SMILES string of the molecule is COc1cc(-c2noc(CSc3nnc(-c4cc(C)cc(C)c4)o3)n2)ccc1OC(F)F. The van der Waals surface area contributed by atoms with Crippen molar-refractivity contribution >= 4 is 11.8 Å². The van der Waals surface area contributed by atoms with Crippen molar-refractivity contribution < 1.29 is 27.2 Å². The van der Waals surface area contributed by atoms with Crippen LogP contribution in [0.2, 0.25) is 0 Å². The molecule has 0 N–H and O–H groups in total. The lowest BCUT2D eigenvalue weighted by atomic mass is 10.1. The van der Waals surface area contributed by atoms with Crippen molar-refractivity contribution in [2.45, 2.75) is 31.4 Å². The molecular weight excluding hydrogens is 442 g/mol. The van der Waals surface area contributed by atoms with Crippen LogP contribution in [0.4, 0.5) is 8.78 Å². The van der Waals surface area contributed by atoms with Crippen LogP contribution in [0, 0.1) is 13.8 Å². The standard InChI is InChI=1S/C21H18F2N4O4S/c1-11-6-12(2)8-14(7-11)19-25-26-21(30-19)32-10-17-24-18(27-31-17)13-4-5-15(29-20(22)23)16(9-13)28-3/h4-9,20H,10H2,1-3H3. The monoisotopic (exact) mass is 460 g/mol. The van der Waals surface area contributed by atoms with Crippen molar-refractivity contribution in [2.24, 2.45) is 0 Å². The van der Waals surface area contributed by atoms with Crippen LogP contribution in [0.1, 0.15) is 17.0 Å². The van der Waals surface area contributed by atoms with Gasteiger partial charge in [-0.2, -0.15) is 13.8 Å². The third-order valence-electron chi connectivity index (χ3n) is 4.30. The Balaban J connectivity index is 1.44. The van der Waals surface area contributed by atoms with Crippen molar-refractivity contribution in [1.29, 1.82) is 0 Å². The molecule has 8 nitrogen and oxygen atoms in total. The Morgan fingerprint density at radius 1 is 1.00 bits per heavy atom. The van der Waals surface area contributed by atoms with Gasteiger partial charge in [-0.3, -0.25) is 0 Å². The summed E-state index contributed by atoms with van der Waals surface area (Å²) >= 11 is 1.26. The molecule has 0 radical (unpaired) electrons. The summed E-state index contributed by atoms with van der Waals surface area (Å²) in [6, 6.07) is 10.4. The van der Waals surface area contributed by atoms with Crippen LogP contribution in [-0.2, 0) is 5.75 Å². The van der Waals surface area contributed by atoms with Crippen LogP contribution in [0.25, 0.3) is 22.8 Å². The molecule has 2 aromatic carbocycles. The van der Waals surface area contributed by atoms with Crippen LogP contribution >= 0.6 is 11.8 Å². The molecule has 166 valence electrons. The molecule has 4 rings (SSSR count). The van der Waals surface area contributed by atoms with Crippen molar-refractivity contribution in [3.05, 3.63) is 53.4 Å². The molecule has 0 bridgehead atoms. The van der Waals surface area contributed by atoms with Gasteiger partial charge in [-0.05, 0) is 44.2 Å². The number of halogens is 2. The fraction of sp³-hybridized carbons (Fsp3) is 0.238. The minimum absolute atomic E-state index is 0.0819. The van der Waals surface area contributed by atoms with Crippen molar-refractivity contribution in [1.82, 2.24) is 20.3 Å². The van der Waals surface area contributed by atoms with E-state index in [-0.39, 0.29) is 17.3 Å². The summed E-state index contributed by atoms with van der Waals surface area (Å²) < 4.78 is 45.5. The normalized spacial score (nSPS) is 11.2. The van der Waals surface area contributed by atoms with E-state index in [1.807, 2.05) is 26.0 Å². The topological polar surface area (TPSA) is 96.3 Å². The Labute approximate surface area is 185 Å². The van der Waals surface area contributed by atoms with Gasteiger partial charge < -0.3 is 18.4 Å². The fourth-order valence-electron chi connectivity index (χ4n) is 3.04.